The first kappa shape index (κ1) is 14.0. The van der Waals surface area contributed by atoms with Gasteiger partial charge in [-0.05, 0) is 38.2 Å². The van der Waals surface area contributed by atoms with E-state index >= 15 is 0 Å². The number of pyridine rings is 1. The quantitative estimate of drug-likeness (QED) is 0.849. The third-order valence-corrected chi connectivity index (χ3v) is 3.30. The summed E-state index contributed by atoms with van der Waals surface area (Å²) < 4.78 is 0.940. The van der Waals surface area contributed by atoms with Gasteiger partial charge in [-0.2, -0.15) is 0 Å². The lowest BCUT2D eigenvalue weighted by atomic mass is 10.1. The van der Waals surface area contributed by atoms with Crippen molar-refractivity contribution >= 4 is 32.7 Å². The highest BCUT2D eigenvalue weighted by molar-refractivity contribution is 9.10. The second-order valence-electron chi connectivity index (χ2n) is 4.33. The molecule has 0 saturated carbocycles. The lowest BCUT2D eigenvalue weighted by Gasteiger charge is -2.09. The van der Waals surface area contributed by atoms with Crippen LogP contribution < -0.4 is 10.6 Å². The molecule has 1 amide bonds. The van der Waals surface area contributed by atoms with Gasteiger partial charge in [-0.1, -0.05) is 15.9 Å². The molecule has 1 aromatic heterocycles. The minimum absolute atomic E-state index is 0.0659. The van der Waals surface area contributed by atoms with Crippen LogP contribution in [0.15, 0.2) is 28.7 Å². The fourth-order valence-corrected chi connectivity index (χ4v) is 2.28. The molecule has 0 unspecified atom stereocenters. The van der Waals surface area contributed by atoms with E-state index in [-0.39, 0.29) is 5.91 Å². The van der Waals surface area contributed by atoms with Gasteiger partial charge in [0.1, 0.15) is 0 Å². The molecule has 2 N–H and O–H groups in total. The molecule has 0 saturated heterocycles. The summed E-state index contributed by atoms with van der Waals surface area (Å²) in [5.41, 5.74) is 2.34. The Morgan fingerprint density at radius 3 is 2.84 bits per heavy atom. The van der Waals surface area contributed by atoms with Gasteiger partial charge in [-0.3, -0.25) is 9.78 Å². The SMILES string of the molecule is CNCCNC(=O)c1cc(C)nc2ccc(Br)cc12. The van der Waals surface area contributed by atoms with Crippen LogP contribution in [0.5, 0.6) is 0 Å². The maximum atomic E-state index is 12.2. The Morgan fingerprint density at radius 1 is 1.32 bits per heavy atom. The lowest BCUT2D eigenvalue weighted by Crippen LogP contribution is -2.30. The highest BCUT2D eigenvalue weighted by Gasteiger charge is 2.11. The fraction of sp³-hybridized carbons (Fsp3) is 0.286. The molecule has 5 heteroatoms. The number of fused-ring (bicyclic) bond motifs is 1. The first-order valence-electron chi connectivity index (χ1n) is 6.11. The number of likely N-dealkylation sites (N-methyl/N-ethyl adjacent to an activating group) is 1. The summed E-state index contributed by atoms with van der Waals surface area (Å²) in [5.74, 6) is -0.0659. The second-order valence-corrected chi connectivity index (χ2v) is 5.25. The minimum atomic E-state index is -0.0659. The van der Waals surface area contributed by atoms with E-state index < -0.39 is 0 Å². The van der Waals surface area contributed by atoms with E-state index in [1.54, 1.807) is 0 Å². The van der Waals surface area contributed by atoms with Crippen LogP contribution in [0.3, 0.4) is 0 Å². The van der Waals surface area contributed by atoms with Gasteiger partial charge < -0.3 is 10.6 Å². The van der Waals surface area contributed by atoms with Gasteiger partial charge in [-0.15, -0.1) is 0 Å². The summed E-state index contributed by atoms with van der Waals surface area (Å²) in [6.45, 7) is 3.25. The van der Waals surface area contributed by atoms with Crippen LogP contribution in [0.2, 0.25) is 0 Å². The number of hydrogen-bond donors (Lipinski definition) is 2. The van der Waals surface area contributed by atoms with Crippen molar-refractivity contribution in [2.24, 2.45) is 0 Å². The Kier molecular flexibility index (Phi) is 4.50. The van der Waals surface area contributed by atoms with Crippen LogP contribution in [0, 0.1) is 6.92 Å². The zero-order valence-electron chi connectivity index (χ0n) is 11.0. The Hall–Kier alpha value is -1.46. The van der Waals surface area contributed by atoms with E-state index in [2.05, 4.69) is 31.5 Å². The zero-order valence-corrected chi connectivity index (χ0v) is 12.5. The van der Waals surface area contributed by atoms with Crippen LogP contribution in [0.1, 0.15) is 16.1 Å². The van der Waals surface area contributed by atoms with E-state index in [0.717, 1.165) is 27.6 Å². The number of nitrogens with zero attached hydrogens (tertiary/aromatic N) is 1. The molecule has 0 aliphatic heterocycles. The molecule has 0 bridgehead atoms. The topological polar surface area (TPSA) is 54.0 Å². The lowest BCUT2D eigenvalue weighted by molar-refractivity contribution is 0.0955. The normalized spacial score (nSPS) is 10.7. The standard InChI is InChI=1S/C14H16BrN3O/c1-9-7-12(14(19)17-6-5-16-2)11-8-10(15)3-4-13(11)18-9/h3-4,7-8,16H,5-6H2,1-2H3,(H,17,19). The predicted molar refractivity (Wildman–Crippen MR) is 80.4 cm³/mol. The number of benzene rings is 1. The number of rotatable bonds is 4. The molecule has 100 valence electrons. The van der Waals surface area contributed by atoms with Crippen molar-refractivity contribution in [3.05, 3.63) is 40.0 Å². The largest absolute Gasteiger partial charge is 0.351 e. The Bertz CT molecular complexity index is 613. The summed E-state index contributed by atoms with van der Waals surface area (Å²) in [4.78, 5) is 16.7. The highest BCUT2D eigenvalue weighted by Crippen LogP contribution is 2.22. The summed E-state index contributed by atoms with van der Waals surface area (Å²) in [5, 5.41) is 6.75. The Morgan fingerprint density at radius 2 is 2.11 bits per heavy atom. The number of carbonyl (C=O) groups excluding carboxylic acids is 1. The van der Waals surface area contributed by atoms with Gasteiger partial charge in [0.2, 0.25) is 0 Å². The zero-order chi connectivity index (χ0) is 13.8. The number of halogens is 1. The molecule has 19 heavy (non-hydrogen) atoms. The second kappa shape index (κ2) is 6.12. The maximum Gasteiger partial charge on any atom is 0.252 e. The predicted octanol–water partition coefficient (Wildman–Crippen LogP) is 2.25. The van der Waals surface area contributed by atoms with Crippen molar-refractivity contribution in [1.82, 2.24) is 15.6 Å². The van der Waals surface area contributed by atoms with Crippen molar-refractivity contribution in [1.29, 1.82) is 0 Å². The molecule has 0 aliphatic carbocycles. The minimum Gasteiger partial charge on any atom is -0.351 e. The van der Waals surface area contributed by atoms with E-state index in [4.69, 9.17) is 0 Å². The first-order valence-corrected chi connectivity index (χ1v) is 6.91. The summed E-state index contributed by atoms with van der Waals surface area (Å²) >= 11 is 3.43. The smallest absolute Gasteiger partial charge is 0.252 e. The van der Waals surface area contributed by atoms with E-state index in [9.17, 15) is 4.79 Å². The van der Waals surface area contributed by atoms with E-state index in [1.807, 2.05) is 38.2 Å². The van der Waals surface area contributed by atoms with Gasteiger partial charge in [0.15, 0.2) is 0 Å². The van der Waals surface area contributed by atoms with E-state index in [0.29, 0.717) is 12.1 Å². The molecule has 1 heterocycles. The number of amides is 1. The van der Waals surface area contributed by atoms with Crippen molar-refractivity contribution in [2.45, 2.75) is 6.92 Å². The summed E-state index contributed by atoms with van der Waals surface area (Å²) in [7, 11) is 1.86. The number of nitrogens with one attached hydrogen (secondary N) is 2. The van der Waals surface area contributed by atoms with Crippen molar-refractivity contribution < 1.29 is 4.79 Å². The molecular weight excluding hydrogens is 306 g/mol. The van der Waals surface area contributed by atoms with Gasteiger partial charge in [0.05, 0.1) is 11.1 Å². The van der Waals surface area contributed by atoms with Crippen LogP contribution in [0.4, 0.5) is 0 Å². The average Bonchev–Trinajstić information content (AvgIpc) is 2.38. The van der Waals surface area contributed by atoms with Crippen LogP contribution >= 0.6 is 15.9 Å². The molecule has 1 aromatic carbocycles. The molecule has 0 atom stereocenters. The number of carbonyl (C=O) groups is 1. The Labute approximate surface area is 120 Å². The van der Waals surface area contributed by atoms with Crippen molar-refractivity contribution in [3.63, 3.8) is 0 Å². The number of aryl methyl sites for hydroxylation is 1. The molecular formula is C14H16BrN3O. The molecule has 0 aliphatic rings. The number of hydrogen-bond acceptors (Lipinski definition) is 3. The van der Waals surface area contributed by atoms with Crippen LogP contribution in [-0.2, 0) is 0 Å². The molecule has 0 fully saturated rings. The van der Waals surface area contributed by atoms with Gasteiger partial charge in [-0.25, -0.2) is 0 Å². The maximum absolute atomic E-state index is 12.2. The summed E-state index contributed by atoms with van der Waals surface area (Å²) in [6.07, 6.45) is 0. The molecule has 0 spiro atoms. The molecule has 2 aromatic rings. The van der Waals surface area contributed by atoms with Gasteiger partial charge in [0.25, 0.3) is 5.91 Å². The molecule has 4 nitrogen and oxygen atoms in total. The number of aromatic nitrogens is 1. The van der Waals surface area contributed by atoms with E-state index in [1.165, 1.54) is 0 Å². The molecule has 0 radical (unpaired) electrons. The van der Waals surface area contributed by atoms with Gasteiger partial charge in [0, 0.05) is 28.6 Å². The third-order valence-electron chi connectivity index (χ3n) is 2.80. The molecule has 2 rings (SSSR count). The Balaban J connectivity index is 2.40. The first-order chi connectivity index (χ1) is 9.11. The van der Waals surface area contributed by atoms with Crippen molar-refractivity contribution in [3.8, 4) is 0 Å². The highest BCUT2D eigenvalue weighted by atomic mass is 79.9. The van der Waals surface area contributed by atoms with Gasteiger partial charge >= 0.3 is 0 Å². The van der Waals surface area contributed by atoms with Crippen LogP contribution in [0.25, 0.3) is 10.9 Å². The summed E-state index contributed by atoms with van der Waals surface area (Å²) in [6, 6.07) is 7.59. The van der Waals surface area contributed by atoms with Crippen molar-refractivity contribution in [2.75, 3.05) is 20.1 Å². The average molecular weight is 322 g/mol. The third kappa shape index (κ3) is 3.30. The van der Waals surface area contributed by atoms with Crippen LogP contribution in [-0.4, -0.2) is 31.0 Å². The monoisotopic (exact) mass is 321 g/mol. The fourth-order valence-electron chi connectivity index (χ4n) is 1.91.